The Morgan fingerprint density at radius 3 is 2.71 bits per heavy atom. The maximum Gasteiger partial charge on any atom is 0.183 e. The number of anilines is 1. The summed E-state index contributed by atoms with van der Waals surface area (Å²) in [5.74, 6) is 0. The Bertz CT molecular complexity index is 436. The van der Waals surface area contributed by atoms with Crippen LogP contribution in [-0.4, -0.2) is 17.0 Å². The van der Waals surface area contributed by atoms with E-state index in [0.29, 0.717) is 0 Å². The smallest absolute Gasteiger partial charge is 0.183 e. The summed E-state index contributed by atoms with van der Waals surface area (Å²) in [6.45, 7) is 1.98. The second kappa shape index (κ2) is 3.75. The molecule has 2 aromatic rings. The van der Waals surface area contributed by atoms with Crippen LogP contribution in [0.2, 0.25) is 0 Å². The molecule has 2 rings (SSSR count). The van der Waals surface area contributed by atoms with Crippen molar-refractivity contribution in [2.45, 2.75) is 6.92 Å². The molecule has 0 aliphatic heterocycles. The Labute approximate surface area is 86.8 Å². The highest BCUT2D eigenvalue weighted by atomic mass is 32.1. The van der Waals surface area contributed by atoms with Crippen molar-refractivity contribution in [1.82, 2.24) is 9.97 Å². The fourth-order valence-electron chi connectivity index (χ4n) is 1.19. The Hall–Kier alpha value is -1.42. The van der Waals surface area contributed by atoms with Crippen LogP contribution in [0.15, 0.2) is 23.6 Å². The summed E-state index contributed by atoms with van der Waals surface area (Å²) in [5, 5.41) is 5.94. The molecule has 0 saturated heterocycles. The molecule has 0 spiro atoms. The Morgan fingerprint density at radius 1 is 1.21 bits per heavy atom. The summed E-state index contributed by atoms with van der Waals surface area (Å²) in [5.41, 5.74) is 2.88. The predicted molar refractivity (Wildman–Crippen MR) is 59.6 cm³/mol. The molecular formula is C10H11N3S. The lowest BCUT2D eigenvalue weighted by molar-refractivity contribution is 1.19. The van der Waals surface area contributed by atoms with Gasteiger partial charge in [-0.25, -0.2) is 4.98 Å². The topological polar surface area (TPSA) is 37.8 Å². The van der Waals surface area contributed by atoms with Crippen molar-refractivity contribution in [2.75, 3.05) is 12.4 Å². The van der Waals surface area contributed by atoms with Crippen LogP contribution >= 0.6 is 11.3 Å². The van der Waals surface area contributed by atoms with Gasteiger partial charge < -0.3 is 5.32 Å². The van der Waals surface area contributed by atoms with Gasteiger partial charge in [-0.1, -0.05) is 6.07 Å². The van der Waals surface area contributed by atoms with Crippen molar-refractivity contribution < 1.29 is 0 Å². The fraction of sp³-hybridized carbons (Fsp3) is 0.200. The van der Waals surface area contributed by atoms with Crippen LogP contribution in [0.5, 0.6) is 0 Å². The molecular weight excluding hydrogens is 194 g/mol. The molecule has 3 nitrogen and oxygen atoms in total. The molecule has 1 N–H and O–H groups in total. The monoisotopic (exact) mass is 205 g/mol. The highest BCUT2D eigenvalue weighted by molar-refractivity contribution is 7.14. The lowest BCUT2D eigenvalue weighted by Crippen LogP contribution is -1.88. The second-order valence-corrected chi connectivity index (χ2v) is 3.81. The molecule has 72 valence electrons. The van der Waals surface area contributed by atoms with Gasteiger partial charge in [-0.15, -0.1) is 11.3 Å². The maximum absolute atomic E-state index is 4.41. The molecule has 14 heavy (non-hydrogen) atoms. The van der Waals surface area contributed by atoms with Gasteiger partial charge in [-0.05, 0) is 19.1 Å². The molecule has 0 atom stereocenters. The van der Waals surface area contributed by atoms with E-state index in [1.54, 1.807) is 11.3 Å². The summed E-state index contributed by atoms with van der Waals surface area (Å²) in [7, 11) is 1.87. The van der Waals surface area contributed by atoms with E-state index in [4.69, 9.17) is 0 Å². The van der Waals surface area contributed by atoms with Crippen molar-refractivity contribution >= 4 is 16.5 Å². The largest absolute Gasteiger partial charge is 0.365 e. The standard InChI is InChI=1S/C10H11N3S/c1-7-4-3-5-8(12-7)9-6-14-10(11-2)13-9/h3-6H,1-2H3,(H,11,13). The van der Waals surface area contributed by atoms with Crippen LogP contribution in [0.1, 0.15) is 5.69 Å². The lowest BCUT2D eigenvalue weighted by atomic mass is 10.3. The van der Waals surface area contributed by atoms with E-state index >= 15 is 0 Å². The average Bonchev–Trinajstić information content (AvgIpc) is 2.66. The molecule has 0 bridgehead atoms. The summed E-state index contributed by atoms with van der Waals surface area (Å²) >= 11 is 1.59. The van der Waals surface area contributed by atoms with E-state index in [2.05, 4.69) is 15.3 Å². The van der Waals surface area contributed by atoms with Crippen molar-refractivity contribution in [3.8, 4) is 11.4 Å². The molecule has 0 aliphatic rings. The number of nitrogens with zero attached hydrogens (tertiary/aromatic N) is 2. The molecule has 2 heterocycles. The van der Waals surface area contributed by atoms with Gasteiger partial charge in [0.2, 0.25) is 0 Å². The minimum atomic E-state index is 0.920. The number of pyridine rings is 1. The summed E-state index contributed by atoms with van der Waals surface area (Å²) in [6, 6.07) is 5.95. The highest BCUT2D eigenvalue weighted by Gasteiger charge is 2.03. The highest BCUT2D eigenvalue weighted by Crippen LogP contribution is 2.22. The SMILES string of the molecule is CNc1nc(-c2cccc(C)n2)cs1. The molecule has 0 fully saturated rings. The molecule has 0 aliphatic carbocycles. The van der Waals surface area contributed by atoms with E-state index < -0.39 is 0 Å². The van der Waals surface area contributed by atoms with E-state index in [9.17, 15) is 0 Å². The van der Waals surface area contributed by atoms with E-state index in [-0.39, 0.29) is 0 Å². The zero-order valence-corrected chi connectivity index (χ0v) is 8.93. The number of hydrogen-bond donors (Lipinski definition) is 1. The first-order chi connectivity index (χ1) is 6.79. The molecule has 0 saturated carbocycles. The van der Waals surface area contributed by atoms with Crippen molar-refractivity contribution in [3.63, 3.8) is 0 Å². The van der Waals surface area contributed by atoms with Crippen LogP contribution in [0.4, 0.5) is 5.13 Å². The van der Waals surface area contributed by atoms with Crippen LogP contribution in [0.3, 0.4) is 0 Å². The van der Waals surface area contributed by atoms with Crippen LogP contribution in [0, 0.1) is 6.92 Å². The van der Waals surface area contributed by atoms with E-state index in [0.717, 1.165) is 22.2 Å². The van der Waals surface area contributed by atoms with Gasteiger partial charge in [0.05, 0.1) is 5.69 Å². The molecule has 4 heteroatoms. The van der Waals surface area contributed by atoms with Crippen LogP contribution < -0.4 is 5.32 Å². The number of thiazole rings is 1. The second-order valence-electron chi connectivity index (χ2n) is 2.95. The average molecular weight is 205 g/mol. The summed E-state index contributed by atoms with van der Waals surface area (Å²) < 4.78 is 0. The first-order valence-electron chi connectivity index (χ1n) is 4.37. The first kappa shape index (κ1) is 9.15. The maximum atomic E-state index is 4.41. The number of hydrogen-bond acceptors (Lipinski definition) is 4. The number of rotatable bonds is 2. The quantitative estimate of drug-likeness (QED) is 0.818. The third kappa shape index (κ3) is 1.75. The third-order valence-electron chi connectivity index (χ3n) is 1.87. The molecule has 0 unspecified atom stereocenters. The van der Waals surface area contributed by atoms with E-state index in [1.807, 2.05) is 37.6 Å². The van der Waals surface area contributed by atoms with Crippen molar-refractivity contribution in [3.05, 3.63) is 29.3 Å². The Balaban J connectivity index is 2.39. The third-order valence-corrected chi connectivity index (χ3v) is 2.73. The predicted octanol–water partition coefficient (Wildman–Crippen LogP) is 2.56. The Kier molecular flexibility index (Phi) is 2.45. The Morgan fingerprint density at radius 2 is 2.07 bits per heavy atom. The molecule has 0 radical (unpaired) electrons. The van der Waals surface area contributed by atoms with Gasteiger partial charge in [0.1, 0.15) is 5.69 Å². The zero-order valence-electron chi connectivity index (χ0n) is 8.11. The van der Waals surface area contributed by atoms with Gasteiger partial charge in [-0.3, -0.25) is 4.98 Å². The van der Waals surface area contributed by atoms with Crippen molar-refractivity contribution in [1.29, 1.82) is 0 Å². The summed E-state index contributed by atoms with van der Waals surface area (Å²) in [4.78, 5) is 8.79. The number of aryl methyl sites for hydroxylation is 1. The van der Waals surface area contributed by atoms with Gasteiger partial charge in [0.25, 0.3) is 0 Å². The summed E-state index contributed by atoms with van der Waals surface area (Å²) in [6.07, 6.45) is 0. The van der Waals surface area contributed by atoms with E-state index in [1.165, 1.54) is 0 Å². The first-order valence-corrected chi connectivity index (χ1v) is 5.25. The number of nitrogens with one attached hydrogen (secondary N) is 1. The van der Waals surface area contributed by atoms with Crippen molar-refractivity contribution in [2.24, 2.45) is 0 Å². The number of aromatic nitrogens is 2. The van der Waals surface area contributed by atoms with Gasteiger partial charge >= 0.3 is 0 Å². The molecule has 0 aromatic carbocycles. The minimum Gasteiger partial charge on any atom is -0.365 e. The molecule has 2 aromatic heterocycles. The zero-order chi connectivity index (χ0) is 9.97. The van der Waals surface area contributed by atoms with Gasteiger partial charge in [-0.2, -0.15) is 0 Å². The van der Waals surface area contributed by atoms with Crippen LogP contribution in [0.25, 0.3) is 11.4 Å². The van der Waals surface area contributed by atoms with Crippen LogP contribution in [-0.2, 0) is 0 Å². The fourth-order valence-corrected chi connectivity index (χ4v) is 1.86. The lowest BCUT2D eigenvalue weighted by Gasteiger charge is -1.96. The van der Waals surface area contributed by atoms with Gasteiger partial charge in [0.15, 0.2) is 5.13 Å². The van der Waals surface area contributed by atoms with Gasteiger partial charge in [0, 0.05) is 18.1 Å². The minimum absolute atomic E-state index is 0.920. The normalized spacial score (nSPS) is 10.1. The molecule has 0 amide bonds.